The molecule has 5 nitrogen and oxygen atoms in total. The zero-order valence-electron chi connectivity index (χ0n) is 26.4. The Morgan fingerprint density at radius 3 is 2.14 bits per heavy atom. The number of benzene rings is 2. The average Bonchev–Trinajstić information content (AvgIpc) is 3.47. The molecule has 1 aromatic heterocycles. The SMILES string of the molecule is CCCCCCCCCCCCc1c2[n+](cc3c(OCCCCCC)c(OC)ccc13)CCc1cc3c(cc1-2)OCO3. The third kappa shape index (κ3) is 7.15. The number of hydrogen-bond donors (Lipinski definition) is 0. The Labute approximate surface area is 253 Å². The Kier molecular flexibility index (Phi) is 11.3. The standard InChI is InChI=1S/C37H52NO4/c1-4-6-8-10-11-12-13-14-15-16-18-30-29-19-20-33(39-3)37(40-23-17-9-7-5-2)32(29)26-38-22-21-28-24-34-35(42-27-41-34)25-31(28)36(30)38/h19-20,24-26H,4-18,21-23,27H2,1-3H3/q+1. The first-order valence-electron chi connectivity index (χ1n) is 16.9. The van der Waals surface area contributed by atoms with Gasteiger partial charge in [-0.1, -0.05) is 90.9 Å². The van der Waals surface area contributed by atoms with Gasteiger partial charge in [0.25, 0.3) is 0 Å². The number of methoxy groups -OCH3 is 1. The summed E-state index contributed by atoms with van der Waals surface area (Å²) in [5, 5.41) is 2.45. The lowest BCUT2D eigenvalue weighted by Crippen LogP contribution is -2.41. The summed E-state index contributed by atoms with van der Waals surface area (Å²) >= 11 is 0. The van der Waals surface area contributed by atoms with Crippen molar-refractivity contribution < 1.29 is 23.5 Å². The Morgan fingerprint density at radius 2 is 1.43 bits per heavy atom. The fourth-order valence-electron chi connectivity index (χ4n) is 6.69. The number of rotatable bonds is 18. The van der Waals surface area contributed by atoms with E-state index in [1.807, 2.05) is 0 Å². The second-order valence-electron chi connectivity index (χ2n) is 12.2. The summed E-state index contributed by atoms with van der Waals surface area (Å²) in [6.45, 7) is 6.50. The molecule has 0 fully saturated rings. The monoisotopic (exact) mass is 574 g/mol. The van der Waals surface area contributed by atoms with Crippen LogP contribution in [0.4, 0.5) is 0 Å². The van der Waals surface area contributed by atoms with Gasteiger partial charge in [-0.25, -0.2) is 0 Å². The van der Waals surface area contributed by atoms with E-state index >= 15 is 0 Å². The van der Waals surface area contributed by atoms with E-state index in [1.54, 1.807) is 7.11 Å². The number of pyridine rings is 1. The lowest BCUT2D eigenvalue weighted by Gasteiger charge is -2.21. The molecule has 0 saturated carbocycles. The normalized spacial score (nSPS) is 13.3. The second kappa shape index (κ2) is 15.5. The zero-order chi connectivity index (χ0) is 29.1. The first-order chi connectivity index (χ1) is 20.7. The van der Waals surface area contributed by atoms with Crippen molar-refractivity contribution in [2.45, 2.75) is 123 Å². The fourth-order valence-corrected chi connectivity index (χ4v) is 6.69. The topological polar surface area (TPSA) is 40.8 Å². The maximum atomic E-state index is 6.49. The largest absolute Gasteiger partial charge is 0.493 e. The third-order valence-corrected chi connectivity index (χ3v) is 9.06. The molecule has 0 aliphatic carbocycles. The molecule has 0 bridgehead atoms. The predicted octanol–water partition coefficient (Wildman–Crippen LogP) is 9.51. The second-order valence-corrected chi connectivity index (χ2v) is 12.2. The van der Waals surface area contributed by atoms with Crippen molar-refractivity contribution in [2.24, 2.45) is 0 Å². The molecule has 2 aliphatic rings. The maximum absolute atomic E-state index is 6.49. The minimum atomic E-state index is 0.306. The first-order valence-corrected chi connectivity index (χ1v) is 16.9. The van der Waals surface area contributed by atoms with E-state index in [9.17, 15) is 0 Å². The van der Waals surface area contributed by atoms with E-state index in [4.69, 9.17) is 18.9 Å². The predicted molar refractivity (Wildman–Crippen MR) is 171 cm³/mol. The van der Waals surface area contributed by atoms with Gasteiger partial charge < -0.3 is 18.9 Å². The molecule has 0 atom stereocenters. The molecule has 2 aromatic carbocycles. The minimum Gasteiger partial charge on any atom is -0.493 e. The average molecular weight is 575 g/mol. The highest BCUT2D eigenvalue weighted by molar-refractivity contribution is 5.95. The van der Waals surface area contributed by atoms with E-state index in [1.165, 1.54) is 117 Å². The third-order valence-electron chi connectivity index (χ3n) is 9.06. The molecular formula is C37H52NO4+. The minimum absolute atomic E-state index is 0.306. The van der Waals surface area contributed by atoms with Crippen molar-refractivity contribution in [3.05, 3.63) is 41.6 Å². The van der Waals surface area contributed by atoms with Crippen LogP contribution in [0.15, 0.2) is 30.5 Å². The molecule has 0 saturated heterocycles. The molecule has 3 aromatic rings. The van der Waals surface area contributed by atoms with E-state index in [-0.39, 0.29) is 0 Å². The number of ether oxygens (including phenoxy) is 4. The highest BCUT2D eigenvalue weighted by Crippen LogP contribution is 2.44. The molecular weight excluding hydrogens is 522 g/mol. The van der Waals surface area contributed by atoms with Crippen LogP contribution in [-0.2, 0) is 19.4 Å². The number of fused-ring (bicyclic) bond motifs is 5. The van der Waals surface area contributed by atoms with Gasteiger partial charge >= 0.3 is 0 Å². The Bertz CT molecular complexity index is 1320. The van der Waals surface area contributed by atoms with Crippen molar-refractivity contribution in [1.29, 1.82) is 0 Å². The molecule has 2 aliphatic heterocycles. The van der Waals surface area contributed by atoms with Gasteiger partial charge in [0.1, 0.15) is 0 Å². The fraction of sp³-hybridized carbons (Fsp3) is 0.595. The highest BCUT2D eigenvalue weighted by atomic mass is 16.7. The van der Waals surface area contributed by atoms with Crippen molar-refractivity contribution >= 4 is 10.8 Å². The Morgan fingerprint density at radius 1 is 0.762 bits per heavy atom. The smallest absolute Gasteiger partial charge is 0.231 e. The maximum Gasteiger partial charge on any atom is 0.231 e. The van der Waals surface area contributed by atoms with Gasteiger partial charge in [-0.3, -0.25) is 0 Å². The zero-order valence-corrected chi connectivity index (χ0v) is 26.4. The molecule has 5 heteroatoms. The first kappa shape index (κ1) is 30.5. The number of aromatic nitrogens is 1. The van der Waals surface area contributed by atoms with Crippen LogP contribution in [0.5, 0.6) is 23.0 Å². The summed E-state index contributed by atoms with van der Waals surface area (Å²) in [6.07, 6.45) is 22.5. The molecule has 0 amide bonds. The van der Waals surface area contributed by atoms with Gasteiger partial charge in [-0.05, 0) is 49.1 Å². The van der Waals surface area contributed by atoms with Gasteiger partial charge in [0, 0.05) is 17.4 Å². The van der Waals surface area contributed by atoms with E-state index in [0.29, 0.717) is 6.79 Å². The van der Waals surface area contributed by atoms with Crippen molar-refractivity contribution in [2.75, 3.05) is 20.5 Å². The summed E-state index contributed by atoms with van der Waals surface area (Å²) in [5.74, 6) is 3.45. The molecule has 42 heavy (non-hydrogen) atoms. The molecule has 3 heterocycles. The summed E-state index contributed by atoms with van der Waals surface area (Å²) in [4.78, 5) is 0. The van der Waals surface area contributed by atoms with Crippen molar-refractivity contribution in [3.63, 3.8) is 0 Å². The lowest BCUT2D eigenvalue weighted by atomic mass is 9.89. The van der Waals surface area contributed by atoms with Gasteiger partial charge in [0.15, 0.2) is 35.7 Å². The van der Waals surface area contributed by atoms with Gasteiger partial charge in [-0.15, -0.1) is 0 Å². The summed E-state index contributed by atoms with van der Waals surface area (Å²) in [5.41, 5.74) is 5.39. The van der Waals surface area contributed by atoms with Crippen LogP contribution in [0.25, 0.3) is 22.0 Å². The van der Waals surface area contributed by atoms with Crippen LogP contribution in [0.2, 0.25) is 0 Å². The van der Waals surface area contributed by atoms with Crippen molar-refractivity contribution in [3.8, 4) is 34.3 Å². The van der Waals surface area contributed by atoms with Crippen molar-refractivity contribution in [1.82, 2.24) is 0 Å². The van der Waals surface area contributed by atoms with Crippen LogP contribution in [-0.4, -0.2) is 20.5 Å². The Balaban J connectivity index is 1.42. The molecule has 0 spiro atoms. The summed E-state index contributed by atoms with van der Waals surface area (Å²) in [6, 6.07) is 8.78. The van der Waals surface area contributed by atoms with E-state index < -0.39 is 0 Å². The summed E-state index contributed by atoms with van der Waals surface area (Å²) in [7, 11) is 1.75. The molecule has 0 unspecified atom stereocenters. The lowest BCUT2D eigenvalue weighted by molar-refractivity contribution is -0.686. The van der Waals surface area contributed by atoms with E-state index in [0.717, 1.165) is 55.4 Å². The molecule has 0 N–H and O–H groups in total. The molecule has 0 radical (unpaired) electrons. The molecule has 5 rings (SSSR count). The Hall–Kier alpha value is -2.95. The quantitative estimate of drug-likeness (QED) is 0.112. The number of unbranched alkanes of at least 4 members (excludes halogenated alkanes) is 12. The summed E-state index contributed by atoms with van der Waals surface area (Å²) < 4.78 is 26.3. The van der Waals surface area contributed by atoms with Crippen LogP contribution in [0.1, 0.15) is 115 Å². The number of hydrogen-bond acceptors (Lipinski definition) is 4. The van der Waals surface area contributed by atoms with E-state index in [2.05, 4.69) is 48.9 Å². The highest BCUT2D eigenvalue weighted by Gasteiger charge is 2.32. The van der Waals surface area contributed by atoms with Crippen LogP contribution in [0, 0.1) is 0 Å². The van der Waals surface area contributed by atoms with Crippen LogP contribution < -0.4 is 23.5 Å². The van der Waals surface area contributed by atoms with Gasteiger partial charge in [0.2, 0.25) is 12.5 Å². The van der Waals surface area contributed by atoms with Crippen LogP contribution in [0.3, 0.4) is 0 Å². The number of aryl methyl sites for hydroxylation is 3. The number of nitrogens with zero attached hydrogens (tertiary/aromatic N) is 1. The van der Waals surface area contributed by atoms with Crippen LogP contribution >= 0.6 is 0 Å². The van der Waals surface area contributed by atoms with Gasteiger partial charge in [0.05, 0.1) is 24.7 Å². The molecule has 228 valence electrons. The van der Waals surface area contributed by atoms with Gasteiger partial charge in [-0.2, -0.15) is 4.57 Å².